The Bertz CT molecular complexity index is 1540. The third-order valence-corrected chi connectivity index (χ3v) is 8.56. The van der Waals surface area contributed by atoms with Gasteiger partial charge in [0, 0.05) is 63.8 Å². The van der Waals surface area contributed by atoms with Crippen molar-refractivity contribution >= 4 is 5.91 Å². The fourth-order valence-electron chi connectivity index (χ4n) is 5.93. The van der Waals surface area contributed by atoms with Crippen LogP contribution < -0.4 is 14.8 Å². The number of aliphatic hydroxyl groups is 1. The first-order valence-electron chi connectivity index (χ1n) is 15.7. The normalized spacial score (nSPS) is 16.6. The molecule has 4 heterocycles. The number of piperidine rings is 1. The predicted octanol–water partition coefficient (Wildman–Crippen LogP) is 4.15. The average molecular weight is 612 g/mol. The number of aliphatic hydroxyl groups excluding tert-OH is 1. The van der Waals surface area contributed by atoms with Crippen molar-refractivity contribution in [3.63, 3.8) is 0 Å². The lowest BCUT2D eigenvalue weighted by Gasteiger charge is -2.32. The molecule has 1 fully saturated rings. The Morgan fingerprint density at radius 3 is 2.56 bits per heavy atom. The third-order valence-electron chi connectivity index (χ3n) is 8.56. The molecule has 2 N–H and O–H groups in total. The lowest BCUT2D eigenvalue weighted by Crippen LogP contribution is -2.42. The van der Waals surface area contributed by atoms with Gasteiger partial charge in [-0.05, 0) is 91.4 Å². The number of hydrogen-bond donors (Lipinski definition) is 2. The number of β-amino-alcohol motifs (C(OH)–C–C–N with tert-alkyl or cyclic N) is 1. The van der Waals surface area contributed by atoms with Crippen molar-refractivity contribution in [3.8, 4) is 11.5 Å². The molecule has 10 heteroatoms. The van der Waals surface area contributed by atoms with Gasteiger partial charge in [0.05, 0.1) is 11.8 Å². The van der Waals surface area contributed by atoms with Crippen LogP contribution in [0.2, 0.25) is 0 Å². The number of oxazole rings is 1. The molecular weight excluding hydrogens is 570 g/mol. The highest BCUT2D eigenvalue weighted by Crippen LogP contribution is 2.25. The van der Waals surface area contributed by atoms with Crippen LogP contribution in [0.25, 0.3) is 0 Å². The van der Waals surface area contributed by atoms with Crippen LogP contribution in [0.4, 0.5) is 0 Å². The molecule has 2 aromatic heterocycles. The summed E-state index contributed by atoms with van der Waals surface area (Å²) in [7, 11) is 0. The number of likely N-dealkylation sites (tertiary alicyclic amines) is 1. The monoisotopic (exact) mass is 611 g/mol. The fraction of sp³-hybridized carbons (Fsp3) is 0.400. The van der Waals surface area contributed by atoms with E-state index < -0.39 is 6.10 Å². The summed E-state index contributed by atoms with van der Waals surface area (Å²) in [6, 6.07) is 17.5. The van der Waals surface area contributed by atoms with Crippen molar-refractivity contribution in [2.75, 3.05) is 32.7 Å². The molecule has 0 aliphatic carbocycles. The second-order valence-corrected chi connectivity index (χ2v) is 11.9. The van der Waals surface area contributed by atoms with E-state index >= 15 is 0 Å². The zero-order chi connectivity index (χ0) is 31.0. The summed E-state index contributed by atoms with van der Waals surface area (Å²) in [5, 5.41) is 13.6. The lowest BCUT2D eigenvalue weighted by atomic mass is 9.99. The van der Waals surface area contributed by atoms with Gasteiger partial charge in [0.15, 0.2) is 12.2 Å². The number of rotatable bonds is 12. The van der Waals surface area contributed by atoms with Crippen LogP contribution in [0.3, 0.4) is 0 Å². The molecular formula is C35H41N5O5. The lowest BCUT2D eigenvalue weighted by molar-refractivity contribution is 0.0841. The molecule has 0 saturated carbocycles. The highest BCUT2D eigenvalue weighted by molar-refractivity contribution is 5.94. The first-order chi connectivity index (χ1) is 22.0. The van der Waals surface area contributed by atoms with E-state index in [1.807, 2.05) is 37.5 Å². The molecule has 0 unspecified atom stereocenters. The average Bonchev–Trinajstić information content (AvgIpc) is 3.48. The minimum Gasteiger partial charge on any atom is -0.490 e. The smallest absolute Gasteiger partial charge is 0.251 e. The molecule has 0 bridgehead atoms. The number of carbonyl (C=O) groups excluding carboxylic acids is 1. The molecule has 1 amide bonds. The van der Waals surface area contributed by atoms with E-state index in [4.69, 9.17) is 13.9 Å². The van der Waals surface area contributed by atoms with Crippen molar-refractivity contribution < 1.29 is 23.8 Å². The maximum Gasteiger partial charge on any atom is 0.251 e. The standard InChI is InChI=1S/C35H41N5O5/c1-25-34(44-24-38-25)23-43-33-7-4-29-21-40(15-10-28(29)18-33)22-30(41)19-37-35(42)27-2-5-31(6-3-27)45-32-11-16-39(17-12-32)20-26-8-13-36-14-9-26/h2-9,13-14,18,24,30,32,41H,10-12,15-17,19-23H2,1H3,(H,37,42)/t30-/m0/s1. The first kappa shape index (κ1) is 30.8. The number of benzene rings is 2. The van der Waals surface area contributed by atoms with Crippen LogP contribution in [-0.2, 0) is 26.1 Å². The van der Waals surface area contributed by atoms with Crippen molar-refractivity contribution in [3.05, 3.63) is 107 Å². The van der Waals surface area contributed by atoms with Crippen molar-refractivity contribution in [1.82, 2.24) is 25.1 Å². The number of aryl methyl sites for hydroxylation is 1. The zero-order valence-corrected chi connectivity index (χ0v) is 25.7. The Kier molecular flexibility index (Phi) is 10.0. The minimum absolute atomic E-state index is 0.167. The fourth-order valence-corrected chi connectivity index (χ4v) is 5.93. The maximum atomic E-state index is 12.8. The molecule has 1 atom stereocenters. The van der Waals surface area contributed by atoms with Crippen LogP contribution in [-0.4, -0.2) is 75.7 Å². The maximum absolute atomic E-state index is 12.8. The van der Waals surface area contributed by atoms with Gasteiger partial charge in [0.25, 0.3) is 5.91 Å². The number of fused-ring (bicyclic) bond motifs is 1. The third kappa shape index (κ3) is 8.48. The Labute approximate surface area is 264 Å². The van der Waals surface area contributed by atoms with Gasteiger partial charge in [-0.2, -0.15) is 0 Å². The summed E-state index contributed by atoms with van der Waals surface area (Å²) in [6.45, 7) is 7.39. The second-order valence-electron chi connectivity index (χ2n) is 11.9. The number of aromatic nitrogens is 2. The second kappa shape index (κ2) is 14.7. The number of pyridine rings is 1. The van der Waals surface area contributed by atoms with Crippen LogP contribution in [0.5, 0.6) is 11.5 Å². The molecule has 0 radical (unpaired) electrons. The van der Waals surface area contributed by atoms with Crippen LogP contribution >= 0.6 is 0 Å². The van der Waals surface area contributed by atoms with Crippen LogP contribution in [0, 0.1) is 6.92 Å². The predicted molar refractivity (Wildman–Crippen MR) is 169 cm³/mol. The van der Waals surface area contributed by atoms with Gasteiger partial charge in [-0.25, -0.2) is 4.98 Å². The number of carbonyl (C=O) groups is 1. The van der Waals surface area contributed by atoms with Gasteiger partial charge in [-0.15, -0.1) is 0 Å². The Morgan fingerprint density at radius 1 is 1.02 bits per heavy atom. The van der Waals surface area contributed by atoms with Gasteiger partial charge < -0.3 is 24.3 Å². The molecule has 2 aromatic carbocycles. The molecule has 0 spiro atoms. The number of nitrogens with zero attached hydrogens (tertiary/aromatic N) is 4. The Hall–Kier alpha value is -4.25. The van der Waals surface area contributed by atoms with E-state index in [1.54, 1.807) is 12.1 Å². The molecule has 4 aromatic rings. The van der Waals surface area contributed by atoms with Gasteiger partial charge in [0.2, 0.25) is 0 Å². The van der Waals surface area contributed by atoms with Gasteiger partial charge >= 0.3 is 0 Å². The Balaban J connectivity index is 0.897. The topological polar surface area (TPSA) is 113 Å². The highest BCUT2D eigenvalue weighted by atomic mass is 16.5. The molecule has 10 nitrogen and oxygen atoms in total. The number of amides is 1. The van der Waals surface area contributed by atoms with Crippen molar-refractivity contribution in [2.45, 2.75) is 58.1 Å². The number of hydrogen-bond acceptors (Lipinski definition) is 9. The quantitative estimate of drug-likeness (QED) is 0.244. The molecule has 2 aliphatic heterocycles. The number of ether oxygens (including phenoxy) is 2. The Morgan fingerprint density at radius 2 is 1.80 bits per heavy atom. The molecule has 2 aliphatic rings. The summed E-state index contributed by atoms with van der Waals surface area (Å²) in [4.78, 5) is 25.6. The van der Waals surface area contributed by atoms with Gasteiger partial charge in [-0.1, -0.05) is 6.07 Å². The van der Waals surface area contributed by atoms with E-state index in [2.05, 4.69) is 49.4 Å². The van der Waals surface area contributed by atoms with E-state index in [0.29, 0.717) is 18.7 Å². The van der Waals surface area contributed by atoms with E-state index in [-0.39, 0.29) is 18.6 Å². The summed E-state index contributed by atoms with van der Waals surface area (Å²) < 4.78 is 17.5. The summed E-state index contributed by atoms with van der Waals surface area (Å²) >= 11 is 0. The summed E-state index contributed by atoms with van der Waals surface area (Å²) in [5.41, 5.74) is 5.13. The minimum atomic E-state index is -0.671. The molecule has 6 rings (SSSR count). The van der Waals surface area contributed by atoms with E-state index in [1.165, 1.54) is 23.1 Å². The molecule has 45 heavy (non-hydrogen) atoms. The summed E-state index contributed by atoms with van der Waals surface area (Å²) in [6.07, 6.45) is 7.40. The van der Waals surface area contributed by atoms with E-state index in [0.717, 1.165) is 74.9 Å². The molecule has 1 saturated heterocycles. The molecule has 236 valence electrons. The van der Waals surface area contributed by atoms with Crippen LogP contribution in [0.15, 0.2) is 77.8 Å². The largest absolute Gasteiger partial charge is 0.490 e. The van der Waals surface area contributed by atoms with Crippen LogP contribution in [0.1, 0.15) is 51.3 Å². The highest BCUT2D eigenvalue weighted by Gasteiger charge is 2.22. The first-order valence-corrected chi connectivity index (χ1v) is 15.7. The SMILES string of the molecule is Cc1ncoc1COc1ccc2c(c1)CCN(C[C@@H](O)CNC(=O)c1ccc(OC3CCN(Cc4ccncc4)CC3)cc1)C2. The van der Waals surface area contributed by atoms with E-state index in [9.17, 15) is 9.90 Å². The van der Waals surface area contributed by atoms with Gasteiger partial charge in [-0.3, -0.25) is 19.6 Å². The van der Waals surface area contributed by atoms with Crippen molar-refractivity contribution in [2.24, 2.45) is 0 Å². The van der Waals surface area contributed by atoms with Crippen molar-refractivity contribution in [1.29, 1.82) is 0 Å². The van der Waals surface area contributed by atoms with Gasteiger partial charge in [0.1, 0.15) is 24.2 Å². The number of nitrogens with one attached hydrogen (secondary N) is 1. The summed E-state index contributed by atoms with van der Waals surface area (Å²) in [5.74, 6) is 2.10. The zero-order valence-electron chi connectivity index (χ0n) is 25.7.